The molecule has 2 aromatic carbocycles. The van der Waals surface area contributed by atoms with Gasteiger partial charge in [0.05, 0.1) is 16.3 Å². The third-order valence-electron chi connectivity index (χ3n) is 4.83. The number of ether oxygens (including phenoxy) is 1. The summed E-state index contributed by atoms with van der Waals surface area (Å²) < 4.78 is 7.19. The summed E-state index contributed by atoms with van der Waals surface area (Å²) in [5.41, 5.74) is 3.95. The van der Waals surface area contributed by atoms with E-state index in [0.29, 0.717) is 11.6 Å². The molecule has 1 unspecified atom stereocenters. The van der Waals surface area contributed by atoms with E-state index in [9.17, 15) is 5.11 Å². The van der Waals surface area contributed by atoms with E-state index in [2.05, 4.69) is 21.4 Å². The Labute approximate surface area is 172 Å². The number of pyridine rings is 1. The van der Waals surface area contributed by atoms with E-state index in [4.69, 9.17) is 4.74 Å². The molecule has 2 heterocycles. The van der Waals surface area contributed by atoms with Crippen LogP contribution in [0.5, 0.6) is 11.6 Å². The van der Waals surface area contributed by atoms with Gasteiger partial charge in [-0.2, -0.15) is 0 Å². The summed E-state index contributed by atoms with van der Waals surface area (Å²) in [7, 11) is 0. The average molecular weight is 401 g/mol. The van der Waals surface area contributed by atoms with Gasteiger partial charge < -0.3 is 15.2 Å². The fraction of sp³-hybridized carbons (Fsp3) is 0.130. The molecule has 0 radical (unpaired) electrons. The van der Waals surface area contributed by atoms with Crippen LogP contribution in [0.25, 0.3) is 15.8 Å². The van der Waals surface area contributed by atoms with Crippen LogP contribution in [0.15, 0.2) is 72.9 Å². The fourth-order valence-electron chi connectivity index (χ4n) is 3.41. The van der Waals surface area contributed by atoms with Crippen LogP contribution < -0.4 is 10.1 Å². The Morgan fingerprint density at radius 2 is 1.90 bits per heavy atom. The minimum atomic E-state index is -0.383. The minimum absolute atomic E-state index is 0.383. The van der Waals surface area contributed by atoms with E-state index in [-0.39, 0.29) is 6.10 Å². The van der Waals surface area contributed by atoms with Crippen molar-refractivity contribution in [2.45, 2.75) is 18.9 Å². The van der Waals surface area contributed by atoms with Crippen molar-refractivity contribution in [2.24, 2.45) is 0 Å². The monoisotopic (exact) mass is 401 g/mol. The van der Waals surface area contributed by atoms with E-state index in [1.165, 1.54) is 0 Å². The van der Waals surface area contributed by atoms with Gasteiger partial charge in [0, 0.05) is 17.4 Å². The molecule has 0 saturated carbocycles. The predicted molar refractivity (Wildman–Crippen MR) is 117 cm³/mol. The van der Waals surface area contributed by atoms with Gasteiger partial charge in [0.25, 0.3) is 0 Å². The molecule has 2 N–H and O–H groups in total. The summed E-state index contributed by atoms with van der Waals surface area (Å²) in [6, 6.07) is 19.7. The Hall–Kier alpha value is -3.22. The number of hydrogen-bond acceptors (Lipinski definition) is 6. The first-order valence-electron chi connectivity index (χ1n) is 9.49. The van der Waals surface area contributed by atoms with Gasteiger partial charge in [0.2, 0.25) is 5.88 Å². The lowest BCUT2D eigenvalue weighted by Crippen LogP contribution is -1.94. The maximum atomic E-state index is 9.79. The fourth-order valence-corrected chi connectivity index (χ4v) is 4.30. The summed E-state index contributed by atoms with van der Waals surface area (Å²) in [5, 5.41) is 14.0. The number of fused-ring (bicyclic) bond motifs is 1. The highest BCUT2D eigenvalue weighted by molar-refractivity contribution is 7.22. The number of thiazole rings is 1. The molecule has 5 rings (SSSR count). The molecule has 0 amide bonds. The Balaban J connectivity index is 1.33. The maximum Gasteiger partial charge on any atom is 0.226 e. The van der Waals surface area contributed by atoms with Gasteiger partial charge in [-0.15, -0.1) is 0 Å². The van der Waals surface area contributed by atoms with Gasteiger partial charge in [0.1, 0.15) is 5.75 Å². The number of anilines is 2. The SMILES string of the molecule is OC1C=C(c2cccnc2Oc2ccc(Nc3nc4ccccc4s3)cc2)CC1. The Morgan fingerprint density at radius 1 is 1.03 bits per heavy atom. The number of allylic oxidation sites excluding steroid dienone is 1. The second-order valence-corrected chi connectivity index (χ2v) is 7.92. The molecule has 1 aliphatic carbocycles. The van der Waals surface area contributed by atoms with Crippen LogP contribution in [0.4, 0.5) is 10.8 Å². The average Bonchev–Trinajstić information content (AvgIpc) is 3.35. The second kappa shape index (κ2) is 7.66. The van der Waals surface area contributed by atoms with Gasteiger partial charge in [-0.05, 0) is 66.9 Å². The number of aliphatic hydroxyl groups excluding tert-OH is 1. The van der Waals surface area contributed by atoms with Crippen molar-refractivity contribution in [3.63, 3.8) is 0 Å². The highest BCUT2D eigenvalue weighted by Gasteiger charge is 2.18. The molecule has 6 heteroatoms. The van der Waals surface area contributed by atoms with Crippen molar-refractivity contribution >= 4 is 37.9 Å². The van der Waals surface area contributed by atoms with Crippen LogP contribution >= 0.6 is 11.3 Å². The van der Waals surface area contributed by atoms with Gasteiger partial charge in [0.15, 0.2) is 5.13 Å². The van der Waals surface area contributed by atoms with Crippen LogP contribution in [0.2, 0.25) is 0 Å². The van der Waals surface area contributed by atoms with Crippen LogP contribution in [-0.4, -0.2) is 21.2 Å². The number of nitrogens with zero attached hydrogens (tertiary/aromatic N) is 2. The van der Waals surface area contributed by atoms with E-state index in [0.717, 1.165) is 45.0 Å². The summed E-state index contributed by atoms with van der Waals surface area (Å²) >= 11 is 1.62. The first-order valence-corrected chi connectivity index (χ1v) is 10.3. The van der Waals surface area contributed by atoms with Crippen molar-refractivity contribution in [3.8, 4) is 11.6 Å². The molecule has 5 nitrogen and oxygen atoms in total. The van der Waals surface area contributed by atoms with Crippen molar-refractivity contribution in [3.05, 3.63) is 78.5 Å². The smallest absolute Gasteiger partial charge is 0.226 e. The summed E-state index contributed by atoms with van der Waals surface area (Å²) in [5.74, 6) is 1.26. The molecule has 1 aliphatic rings. The van der Waals surface area contributed by atoms with Crippen molar-refractivity contribution < 1.29 is 9.84 Å². The molecule has 1 atom stereocenters. The number of aromatic nitrogens is 2. The zero-order valence-corrected chi connectivity index (χ0v) is 16.4. The van der Waals surface area contributed by atoms with E-state index >= 15 is 0 Å². The lowest BCUT2D eigenvalue weighted by Gasteiger charge is -2.11. The van der Waals surface area contributed by atoms with Gasteiger partial charge in [-0.1, -0.05) is 29.5 Å². The zero-order valence-electron chi connectivity index (χ0n) is 15.6. The zero-order chi connectivity index (χ0) is 19.6. The normalized spacial score (nSPS) is 16.0. The third kappa shape index (κ3) is 3.85. The number of hydrogen-bond donors (Lipinski definition) is 2. The van der Waals surface area contributed by atoms with E-state index in [1.54, 1.807) is 17.5 Å². The molecule has 0 aliphatic heterocycles. The van der Waals surface area contributed by atoms with Gasteiger partial charge in [-0.3, -0.25) is 0 Å². The van der Waals surface area contributed by atoms with Crippen molar-refractivity contribution in [1.82, 2.24) is 9.97 Å². The summed E-state index contributed by atoms with van der Waals surface area (Å²) in [6.45, 7) is 0. The quantitative estimate of drug-likeness (QED) is 0.445. The highest BCUT2D eigenvalue weighted by atomic mass is 32.1. The Bertz CT molecular complexity index is 1150. The lowest BCUT2D eigenvalue weighted by molar-refractivity contribution is 0.223. The van der Waals surface area contributed by atoms with E-state index < -0.39 is 0 Å². The van der Waals surface area contributed by atoms with Gasteiger partial charge in [-0.25, -0.2) is 9.97 Å². The number of rotatable bonds is 5. The minimum Gasteiger partial charge on any atom is -0.438 e. The third-order valence-corrected chi connectivity index (χ3v) is 5.79. The summed E-state index contributed by atoms with van der Waals surface area (Å²) in [4.78, 5) is 8.99. The molecule has 0 bridgehead atoms. The number of nitrogens with one attached hydrogen (secondary N) is 1. The molecule has 0 fully saturated rings. The standard InChI is InChI=1S/C23H19N3O2S/c27-17-10-7-15(14-17)19-4-3-13-24-22(19)28-18-11-8-16(9-12-18)25-23-26-20-5-1-2-6-21(20)29-23/h1-6,8-9,11-14,17,27H,7,10H2,(H,25,26). The molecule has 29 heavy (non-hydrogen) atoms. The topological polar surface area (TPSA) is 67.3 Å². The van der Waals surface area contributed by atoms with Crippen molar-refractivity contribution in [1.29, 1.82) is 0 Å². The molecule has 2 aromatic heterocycles. The number of aliphatic hydroxyl groups is 1. The van der Waals surface area contributed by atoms with Crippen LogP contribution in [0, 0.1) is 0 Å². The van der Waals surface area contributed by atoms with Crippen molar-refractivity contribution in [2.75, 3.05) is 5.32 Å². The molecule has 0 spiro atoms. The van der Waals surface area contributed by atoms with Crippen LogP contribution in [0.1, 0.15) is 18.4 Å². The Morgan fingerprint density at radius 3 is 2.69 bits per heavy atom. The molecule has 4 aromatic rings. The first kappa shape index (κ1) is 17.8. The predicted octanol–water partition coefficient (Wildman–Crippen LogP) is 5.77. The van der Waals surface area contributed by atoms with Crippen LogP contribution in [-0.2, 0) is 0 Å². The molecular formula is C23H19N3O2S. The van der Waals surface area contributed by atoms with E-state index in [1.807, 2.05) is 60.7 Å². The Kier molecular flexibility index (Phi) is 4.71. The highest BCUT2D eigenvalue weighted by Crippen LogP contribution is 2.35. The first-order chi connectivity index (χ1) is 14.2. The summed E-state index contributed by atoms with van der Waals surface area (Å²) in [6.07, 6.45) is 4.79. The molecule has 0 saturated heterocycles. The molecular weight excluding hydrogens is 382 g/mol. The second-order valence-electron chi connectivity index (χ2n) is 6.89. The van der Waals surface area contributed by atoms with Crippen LogP contribution in [0.3, 0.4) is 0 Å². The maximum absolute atomic E-state index is 9.79. The lowest BCUT2D eigenvalue weighted by atomic mass is 10.1. The largest absolute Gasteiger partial charge is 0.438 e. The molecule has 144 valence electrons. The number of benzene rings is 2. The van der Waals surface area contributed by atoms with Gasteiger partial charge >= 0.3 is 0 Å². The number of para-hydroxylation sites is 1.